The van der Waals surface area contributed by atoms with E-state index in [9.17, 15) is 18.0 Å². The fraction of sp³-hybridized carbons (Fsp3) is 0.355. The molecule has 3 aromatic rings. The molecule has 0 fully saturated rings. The molecule has 1 unspecified atom stereocenters. The topological polar surface area (TPSA) is 86.8 Å². The predicted molar refractivity (Wildman–Crippen MR) is 156 cm³/mol. The van der Waals surface area contributed by atoms with Crippen LogP contribution in [0.3, 0.4) is 0 Å². The fourth-order valence-electron chi connectivity index (χ4n) is 4.61. The molecule has 1 atom stereocenters. The first-order chi connectivity index (χ1) is 18.4. The summed E-state index contributed by atoms with van der Waals surface area (Å²) >= 11 is 0. The normalized spacial score (nSPS) is 12.2. The summed E-state index contributed by atoms with van der Waals surface area (Å²) in [5.41, 5.74) is 4.04. The van der Waals surface area contributed by atoms with Gasteiger partial charge in [0, 0.05) is 12.6 Å². The summed E-state index contributed by atoms with van der Waals surface area (Å²) in [7, 11) is -4.08. The fourth-order valence-corrected chi connectivity index (χ4v) is 6.03. The van der Waals surface area contributed by atoms with Crippen LogP contribution in [0.15, 0.2) is 77.7 Å². The van der Waals surface area contributed by atoms with Crippen LogP contribution in [-0.4, -0.2) is 43.8 Å². The smallest absolute Gasteiger partial charge is 0.264 e. The number of hydrogen-bond acceptors (Lipinski definition) is 4. The molecule has 0 spiro atoms. The van der Waals surface area contributed by atoms with Gasteiger partial charge in [0.1, 0.15) is 12.6 Å². The van der Waals surface area contributed by atoms with Gasteiger partial charge < -0.3 is 10.2 Å². The Bertz CT molecular complexity index is 1380. The van der Waals surface area contributed by atoms with Crippen molar-refractivity contribution in [2.75, 3.05) is 10.8 Å². The van der Waals surface area contributed by atoms with Crippen molar-refractivity contribution in [3.05, 3.63) is 95.1 Å². The van der Waals surface area contributed by atoms with Crippen LogP contribution in [0.4, 0.5) is 5.69 Å². The van der Waals surface area contributed by atoms with Crippen LogP contribution in [0.2, 0.25) is 0 Å². The Kier molecular flexibility index (Phi) is 9.92. The summed E-state index contributed by atoms with van der Waals surface area (Å²) in [5, 5.41) is 2.92. The average Bonchev–Trinajstić information content (AvgIpc) is 2.87. The van der Waals surface area contributed by atoms with Crippen molar-refractivity contribution in [2.45, 2.75) is 71.5 Å². The van der Waals surface area contributed by atoms with Crippen LogP contribution in [0, 0.1) is 20.8 Å². The lowest BCUT2D eigenvalue weighted by Crippen LogP contribution is -2.53. The molecule has 1 N–H and O–H groups in total. The van der Waals surface area contributed by atoms with Crippen molar-refractivity contribution in [3.63, 3.8) is 0 Å². The lowest BCUT2D eigenvalue weighted by molar-refractivity contribution is -0.140. The van der Waals surface area contributed by atoms with Crippen LogP contribution in [0.5, 0.6) is 0 Å². The third-order valence-corrected chi connectivity index (χ3v) is 8.31. The number of hydrogen-bond donors (Lipinski definition) is 1. The number of nitrogens with one attached hydrogen (secondary N) is 1. The van der Waals surface area contributed by atoms with Crippen LogP contribution >= 0.6 is 0 Å². The predicted octanol–water partition coefficient (Wildman–Crippen LogP) is 5.14. The molecule has 3 aromatic carbocycles. The average molecular weight is 550 g/mol. The molecule has 7 nitrogen and oxygen atoms in total. The first-order valence-electron chi connectivity index (χ1n) is 13.2. The van der Waals surface area contributed by atoms with Crippen LogP contribution in [0.1, 0.15) is 49.4 Å². The maximum atomic E-state index is 14.1. The molecule has 0 saturated carbocycles. The zero-order valence-corrected chi connectivity index (χ0v) is 24.5. The Balaban J connectivity index is 2.10. The van der Waals surface area contributed by atoms with Gasteiger partial charge in [0.25, 0.3) is 10.0 Å². The molecule has 0 bridgehead atoms. The standard InChI is InChI=1S/C31H39N3O4S/c1-7-29(31(36)32-22(2)3)33(20-26-14-12-11-13-25(26)6)30(35)21-34(27-18-23(4)17-24(5)19-27)39(37,38)28-15-9-8-10-16-28/h8-19,22,29H,7,20-21H2,1-6H3,(H,32,36). The highest BCUT2D eigenvalue weighted by Gasteiger charge is 2.34. The van der Waals surface area contributed by atoms with Gasteiger partial charge in [-0.2, -0.15) is 0 Å². The second-order valence-corrected chi connectivity index (χ2v) is 12.1. The summed E-state index contributed by atoms with van der Waals surface area (Å²) in [5.74, 6) is -0.721. The number of sulfonamides is 1. The minimum Gasteiger partial charge on any atom is -0.352 e. The molecule has 0 aliphatic rings. The Morgan fingerprint density at radius 1 is 0.872 bits per heavy atom. The molecule has 0 aliphatic heterocycles. The maximum Gasteiger partial charge on any atom is 0.264 e. The van der Waals surface area contributed by atoms with Crippen molar-refractivity contribution in [3.8, 4) is 0 Å². The SMILES string of the molecule is CCC(C(=O)NC(C)C)N(Cc1ccccc1C)C(=O)CN(c1cc(C)cc(C)c1)S(=O)(=O)c1ccccc1. The van der Waals surface area contributed by atoms with Crippen LogP contribution in [-0.2, 0) is 26.2 Å². The van der Waals surface area contributed by atoms with Gasteiger partial charge in [-0.25, -0.2) is 8.42 Å². The van der Waals surface area contributed by atoms with Gasteiger partial charge in [0.15, 0.2) is 0 Å². The van der Waals surface area contributed by atoms with E-state index < -0.39 is 28.5 Å². The van der Waals surface area contributed by atoms with Gasteiger partial charge in [-0.05, 0) is 87.6 Å². The van der Waals surface area contributed by atoms with Crippen molar-refractivity contribution in [2.24, 2.45) is 0 Å². The molecule has 208 valence electrons. The Morgan fingerprint density at radius 3 is 2.03 bits per heavy atom. The van der Waals surface area contributed by atoms with Gasteiger partial charge in [-0.3, -0.25) is 13.9 Å². The third-order valence-electron chi connectivity index (χ3n) is 6.52. The first-order valence-corrected chi connectivity index (χ1v) is 14.7. The minimum absolute atomic E-state index is 0.0898. The van der Waals surface area contributed by atoms with E-state index in [2.05, 4.69) is 5.32 Å². The van der Waals surface area contributed by atoms with Crippen molar-refractivity contribution < 1.29 is 18.0 Å². The van der Waals surface area contributed by atoms with E-state index in [1.807, 2.05) is 71.9 Å². The summed E-state index contributed by atoms with van der Waals surface area (Å²) in [6, 6.07) is 20.4. The molecule has 0 aromatic heterocycles. The van der Waals surface area contributed by atoms with E-state index in [0.717, 1.165) is 26.6 Å². The number of benzene rings is 3. The highest BCUT2D eigenvalue weighted by atomic mass is 32.2. The number of aryl methyl sites for hydroxylation is 3. The number of anilines is 1. The Labute approximate surface area is 232 Å². The summed E-state index contributed by atoms with van der Waals surface area (Å²) in [4.78, 5) is 29.0. The summed E-state index contributed by atoms with van der Waals surface area (Å²) in [6.45, 7) is 11.1. The Hall–Kier alpha value is -3.65. The minimum atomic E-state index is -4.08. The van der Waals surface area contributed by atoms with Gasteiger partial charge >= 0.3 is 0 Å². The Morgan fingerprint density at radius 2 is 1.46 bits per heavy atom. The van der Waals surface area contributed by atoms with E-state index in [0.29, 0.717) is 12.1 Å². The first kappa shape index (κ1) is 29.9. The van der Waals surface area contributed by atoms with E-state index in [1.165, 1.54) is 17.0 Å². The molecule has 3 rings (SSSR count). The van der Waals surface area contributed by atoms with Gasteiger partial charge in [-0.1, -0.05) is 55.5 Å². The van der Waals surface area contributed by atoms with E-state index in [1.54, 1.807) is 30.3 Å². The molecule has 0 heterocycles. The maximum absolute atomic E-state index is 14.1. The quantitative estimate of drug-likeness (QED) is 0.359. The third kappa shape index (κ3) is 7.47. The highest BCUT2D eigenvalue weighted by molar-refractivity contribution is 7.92. The number of carbonyl (C=O) groups is 2. The van der Waals surface area contributed by atoms with Gasteiger partial charge in [0.2, 0.25) is 11.8 Å². The van der Waals surface area contributed by atoms with E-state index >= 15 is 0 Å². The summed E-state index contributed by atoms with van der Waals surface area (Å²) < 4.78 is 29.0. The van der Waals surface area contributed by atoms with Crippen molar-refractivity contribution in [1.29, 1.82) is 0 Å². The molecule has 8 heteroatoms. The van der Waals surface area contributed by atoms with Crippen LogP contribution in [0.25, 0.3) is 0 Å². The van der Waals surface area contributed by atoms with E-state index in [4.69, 9.17) is 0 Å². The zero-order valence-electron chi connectivity index (χ0n) is 23.6. The second-order valence-electron chi connectivity index (χ2n) is 10.2. The number of nitrogens with zero attached hydrogens (tertiary/aromatic N) is 2. The van der Waals surface area contributed by atoms with E-state index in [-0.39, 0.29) is 23.4 Å². The van der Waals surface area contributed by atoms with Crippen molar-refractivity contribution >= 4 is 27.5 Å². The van der Waals surface area contributed by atoms with Crippen molar-refractivity contribution in [1.82, 2.24) is 10.2 Å². The van der Waals surface area contributed by atoms with Gasteiger partial charge in [0.05, 0.1) is 10.6 Å². The highest BCUT2D eigenvalue weighted by Crippen LogP contribution is 2.27. The lowest BCUT2D eigenvalue weighted by atomic mass is 10.1. The number of amides is 2. The number of carbonyl (C=O) groups excluding carboxylic acids is 2. The van der Waals surface area contributed by atoms with Gasteiger partial charge in [-0.15, -0.1) is 0 Å². The largest absolute Gasteiger partial charge is 0.352 e. The summed E-state index contributed by atoms with van der Waals surface area (Å²) in [6.07, 6.45) is 0.380. The molecule has 2 amide bonds. The number of rotatable bonds is 11. The molecule has 0 aliphatic carbocycles. The lowest BCUT2D eigenvalue weighted by Gasteiger charge is -2.34. The monoisotopic (exact) mass is 549 g/mol. The zero-order chi connectivity index (χ0) is 28.7. The van der Waals surface area contributed by atoms with Crippen LogP contribution < -0.4 is 9.62 Å². The molecule has 39 heavy (non-hydrogen) atoms. The molecule has 0 saturated heterocycles. The molecular weight excluding hydrogens is 510 g/mol. The molecular formula is C31H39N3O4S. The molecule has 0 radical (unpaired) electrons. The second kappa shape index (κ2) is 12.9.